The molecule has 1 fully saturated rings. The van der Waals surface area contributed by atoms with Crippen molar-refractivity contribution in [2.45, 2.75) is 13.3 Å². The lowest BCUT2D eigenvalue weighted by molar-refractivity contribution is -0.132. The summed E-state index contributed by atoms with van der Waals surface area (Å²) >= 11 is 1.20. The van der Waals surface area contributed by atoms with Crippen LogP contribution in [-0.2, 0) is 16.0 Å². The molecular weight excluding hydrogens is 438 g/mol. The molecule has 1 aromatic rings. The predicted octanol–water partition coefficient (Wildman–Crippen LogP) is 2.72. The Morgan fingerprint density at radius 3 is 2.36 bits per heavy atom. The van der Waals surface area contributed by atoms with Crippen molar-refractivity contribution in [3.8, 4) is 6.07 Å². The lowest BCUT2D eigenvalue weighted by Crippen LogP contribution is -2.45. The number of rotatable bonds is 9. The van der Waals surface area contributed by atoms with Gasteiger partial charge in [0.1, 0.15) is 11.6 Å². The van der Waals surface area contributed by atoms with Crippen molar-refractivity contribution in [2.75, 3.05) is 64.9 Å². The fourth-order valence-electron chi connectivity index (χ4n) is 2.86. The Kier molecular flexibility index (Phi) is 13.6. The van der Waals surface area contributed by atoms with Crippen LogP contribution in [0.2, 0.25) is 0 Å². The average Bonchev–Trinajstić information content (AvgIpc) is 2.82. The number of carbonyl (C=O) groups excluding carboxylic acids is 1. The largest absolute Gasteiger partial charge is 0.477 e. The lowest BCUT2D eigenvalue weighted by Gasteiger charge is -2.32. The van der Waals surface area contributed by atoms with Gasteiger partial charge in [0.05, 0.1) is 0 Å². The number of carboxylic acid groups (broad SMARTS) is 1. The Bertz CT molecular complexity index is 841. The summed E-state index contributed by atoms with van der Waals surface area (Å²) in [6.07, 6.45) is 6.04. The number of carbonyl (C=O) groups is 2. The summed E-state index contributed by atoms with van der Waals surface area (Å²) in [5.74, 6) is -1.17. The SMILES string of the molecule is CCN(C)C(=O)/C=C\Nc1ccc(CCN2CCN(C)CC2)cc1.CS/C=C(/C#N)C(=O)O. The van der Waals surface area contributed by atoms with E-state index in [9.17, 15) is 9.59 Å². The van der Waals surface area contributed by atoms with Gasteiger partial charge >= 0.3 is 5.97 Å². The van der Waals surface area contributed by atoms with Crippen LogP contribution < -0.4 is 5.32 Å². The molecule has 2 rings (SSSR count). The van der Waals surface area contributed by atoms with Crippen LogP contribution >= 0.6 is 11.8 Å². The second-order valence-corrected chi connectivity index (χ2v) is 8.31. The smallest absolute Gasteiger partial charge is 0.346 e. The first-order valence-corrected chi connectivity index (χ1v) is 12.1. The fraction of sp³-hybridized carbons (Fsp3) is 0.458. The number of nitrogens with one attached hydrogen (secondary N) is 1. The van der Waals surface area contributed by atoms with E-state index in [-0.39, 0.29) is 11.5 Å². The van der Waals surface area contributed by atoms with Gasteiger partial charge in [-0.2, -0.15) is 5.26 Å². The van der Waals surface area contributed by atoms with E-state index in [0.29, 0.717) is 6.54 Å². The molecule has 0 saturated carbocycles. The zero-order chi connectivity index (χ0) is 24.6. The molecule has 1 aliphatic heterocycles. The summed E-state index contributed by atoms with van der Waals surface area (Å²) in [5.41, 5.74) is 2.13. The molecule has 1 saturated heterocycles. The van der Waals surface area contributed by atoms with Gasteiger partial charge in [-0.05, 0) is 49.8 Å². The summed E-state index contributed by atoms with van der Waals surface area (Å²) in [6.45, 7) is 8.47. The molecule has 1 heterocycles. The number of thioether (sulfide) groups is 1. The Morgan fingerprint density at radius 2 is 1.88 bits per heavy atom. The monoisotopic (exact) mass is 473 g/mol. The minimum Gasteiger partial charge on any atom is -0.477 e. The van der Waals surface area contributed by atoms with E-state index in [1.54, 1.807) is 36.5 Å². The van der Waals surface area contributed by atoms with E-state index in [4.69, 9.17) is 10.4 Å². The zero-order valence-corrected chi connectivity index (χ0v) is 20.8. The molecule has 9 heteroatoms. The number of hydrogen-bond acceptors (Lipinski definition) is 7. The van der Waals surface area contributed by atoms with Crippen LogP contribution in [0.5, 0.6) is 0 Å². The highest BCUT2D eigenvalue weighted by Gasteiger charge is 2.13. The summed E-state index contributed by atoms with van der Waals surface area (Å²) in [5, 5.41) is 20.8. The summed E-state index contributed by atoms with van der Waals surface area (Å²) in [7, 11) is 3.98. The quantitative estimate of drug-likeness (QED) is 0.417. The minimum atomic E-state index is -1.17. The van der Waals surface area contributed by atoms with Gasteiger partial charge in [0.2, 0.25) is 5.91 Å². The number of nitriles is 1. The Hall–Kier alpha value is -2.80. The third-order valence-electron chi connectivity index (χ3n) is 5.18. The number of benzene rings is 1. The van der Waals surface area contributed by atoms with Gasteiger partial charge in [0.15, 0.2) is 0 Å². The molecule has 0 bridgehead atoms. The standard InChI is InChI=1S/C19H30N4O.C5H5NO2S/c1-4-22(3)19(24)9-11-20-18-7-5-17(6-8-18)10-12-23-15-13-21(2)14-16-23;1-9-3-4(2-6)5(7)8/h5-9,11,20H,4,10,12-16H2,1-3H3;3H,1H3,(H,7,8)/b11-9-;4-3-. The molecule has 8 nitrogen and oxygen atoms in total. The van der Waals surface area contributed by atoms with Gasteiger partial charge in [0.25, 0.3) is 0 Å². The van der Waals surface area contributed by atoms with E-state index in [2.05, 4.69) is 46.4 Å². The molecule has 0 aromatic heterocycles. The molecule has 180 valence electrons. The molecule has 1 amide bonds. The van der Waals surface area contributed by atoms with Crippen molar-refractivity contribution in [1.82, 2.24) is 14.7 Å². The number of aliphatic carboxylic acids is 1. The van der Waals surface area contributed by atoms with Crippen molar-refractivity contribution >= 4 is 29.3 Å². The van der Waals surface area contributed by atoms with Gasteiger partial charge in [-0.25, -0.2) is 4.79 Å². The van der Waals surface area contributed by atoms with E-state index < -0.39 is 5.97 Å². The highest BCUT2D eigenvalue weighted by atomic mass is 32.2. The zero-order valence-electron chi connectivity index (χ0n) is 20.0. The van der Waals surface area contributed by atoms with Gasteiger partial charge in [-0.1, -0.05) is 12.1 Å². The van der Waals surface area contributed by atoms with Crippen LogP contribution in [-0.4, -0.2) is 91.3 Å². The summed E-state index contributed by atoms with van der Waals surface area (Å²) in [6, 6.07) is 10.00. The first kappa shape index (κ1) is 28.2. The third-order valence-corrected chi connectivity index (χ3v) is 5.65. The van der Waals surface area contributed by atoms with Crippen molar-refractivity contribution in [3.63, 3.8) is 0 Å². The maximum atomic E-state index is 11.7. The second kappa shape index (κ2) is 15.9. The Balaban J connectivity index is 0.000000513. The first-order chi connectivity index (χ1) is 15.8. The van der Waals surface area contributed by atoms with E-state index in [0.717, 1.165) is 18.7 Å². The van der Waals surface area contributed by atoms with Crippen molar-refractivity contribution in [2.24, 2.45) is 0 Å². The van der Waals surface area contributed by atoms with Crippen molar-refractivity contribution < 1.29 is 14.7 Å². The molecule has 0 radical (unpaired) electrons. The molecule has 0 spiro atoms. The lowest BCUT2D eigenvalue weighted by atomic mass is 10.1. The summed E-state index contributed by atoms with van der Waals surface area (Å²) in [4.78, 5) is 28.3. The van der Waals surface area contributed by atoms with Crippen LogP contribution in [0.25, 0.3) is 0 Å². The molecule has 1 aliphatic rings. The number of nitrogens with zero attached hydrogens (tertiary/aromatic N) is 4. The molecule has 0 atom stereocenters. The molecule has 1 aromatic carbocycles. The average molecular weight is 474 g/mol. The Morgan fingerprint density at radius 1 is 1.24 bits per heavy atom. The second-order valence-electron chi connectivity index (χ2n) is 7.61. The van der Waals surface area contributed by atoms with E-state index >= 15 is 0 Å². The summed E-state index contributed by atoms with van der Waals surface area (Å²) < 4.78 is 0. The minimum absolute atomic E-state index is 0.00814. The van der Waals surface area contributed by atoms with E-state index in [1.165, 1.54) is 48.9 Å². The molecular formula is C24H35N5O3S. The third kappa shape index (κ3) is 11.6. The first-order valence-electron chi connectivity index (χ1n) is 10.8. The number of likely N-dealkylation sites (N-methyl/N-ethyl adjacent to an activating group) is 2. The fourth-order valence-corrected chi connectivity index (χ4v) is 3.25. The molecule has 33 heavy (non-hydrogen) atoms. The van der Waals surface area contributed by atoms with Gasteiger partial charge in [-0.3, -0.25) is 4.79 Å². The number of hydrogen-bond donors (Lipinski definition) is 2. The maximum Gasteiger partial charge on any atom is 0.346 e. The van der Waals surface area contributed by atoms with Gasteiger partial charge in [-0.15, -0.1) is 11.8 Å². The predicted molar refractivity (Wildman–Crippen MR) is 135 cm³/mol. The molecule has 0 aliphatic carbocycles. The normalized spacial score (nSPS) is 14.8. The molecule has 2 N–H and O–H groups in total. The highest BCUT2D eigenvalue weighted by molar-refractivity contribution is 8.01. The van der Waals surface area contributed by atoms with Crippen molar-refractivity contribution in [1.29, 1.82) is 5.26 Å². The Labute approximate surface area is 201 Å². The number of carboxylic acids is 1. The van der Waals surface area contributed by atoms with Crippen LogP contribution in [0, 0.1) is 11.3 Å². The maximum absolute atomic E-state index is 11.7. The topological polar surface area (TPSA) is 99.9 Å². The van der Waals surface area contributed by atoms with Crippen LogP contribution in [0.3, 0.4) is 0 Å². The van der Waals surface area contributed by atoms with Gasteiger partial charge < -0.3 is 25.1 Å². The van der Waals surface area contributed by atoms with Crippen LogP contribution in [0.15, 0.2) is 47.5 Å². The number of amides is 1. The van der Waals surface area contributed by atoms with Crippen molar-refractivity contribution in [3.05, 3.63) is 53.1 Å². The highest BCUT2D eigenvalue weighted by Crippen LogP contribution is 2.11. The van der Waals surface area contributed by atoms with E-state index in [1.807, 2.05) is 6.92 Å². The number of piperazine rings is 1. The number of anilines is 1. The van der Waals surface area contributed by atoms with Gasteiger partial charge in [0, 0.05) is 64.3 Å². The molecule has 0 unspecified atom stereocenters. The van der Waals surface area contributed by atoms with Crippen LogP contribution in [0.1, 0.15) is 12.5 Å². The van der Waals surface area contributed by atoms with Crippen LogP contribution in [0.4, 0.5) is 5.69 Å².